The molecule has 2 heterocycles. The fourth-order valence-corrected chi connectivity index (χ4v) is 1.83. The third-order valence-corrected chi connectivity index (χ3v) is 2.69. The second-order valence-electron chi connectivity index (χ2n) is 3.08. The van der Waals surface area contributed by atoms with Gasteiger partial charge in [0.15, 0.2) is 0 Å². The Kier molecular flexibility index (Phi) is 2.96. The van der Waals surface area contributed by atoms with Gasteiger partial charge in [0.1, 0.15) is 0 Å². The third-order valence-electron chi connectivity index (χ3n) is 1.96. The van der Waals surface area contributed by atoms with Gasteiger partial charge in [-0.05, 0) is 6.42 Å². The van der Waals surface area contributed by atoms with E-state index in [1.54, 1.807) is 16.8 Å². The molecule has 2 aromatic rings. The number of rotatable bonds is 4. The Morgan fingerprint density at radius 1 is 1.67 bits per heavy atom. The highest BCUT2D eigenvalue weighted by Crippen LogP contribution is 2.10. The number of ether oxygens (including phenoxy) is 1. The summed E-state index contributed by atoms with van der Waals surface area (Å²) in [6.45, 7) is 2.49. The van der Waals surface area contributed by atoms with Crippen LogP contribution in [0.5, 0.6) is 0 Å². The van der Waals surface area contributed by atoms with Gasteiger partial charge in [0.05, 0.1) is 6.61 Å². The van der Waals surface area contributed by atoms with E-state index in [2.05, 4.69) is 9.36 Å². The van der Waals surface area contributed by atoms with Gasteiger partial charge in [-0.15, -0.1) is 0 Å². The van der Waals surface area contributed by atoms with E-state index < -0.39 is 0 Å². The molecule has 0 amide bonds. The Morgan fingerprint density at radius 3 is 3.33 bits per heavy atom. The summed E-state index contributed by atoms with van der Waals surface area (Å²) in [4.78, 5) is 16.3. The standard InChI is InChI=1S/C9H11N3O2S/c1-2-3-6-14-8(13)7-11-15-9-10-4-5-12(7)9/h4-5H,2-3,6H2,1H3. The summed E-state index contributed by atoms with van der Waals surface area (Å²) in [7, 11) is 0. The van der Waals surface area contributed by atoms with Crippen molar-refractivity contribution in [3.8, 4) is 0 Å². The van der Waals surface area contributed by atoms with Crippen LogP contribution >= 0.6 is 11.5 Å². The molecule has 6 heteroatoms. The third kappa shape index (κ3) is 1.99. The fraction of sp³-hybridized carbons (Fsp3) is 0.444. The first-order valence-electron chi connectivity index (χ1n) is 4.78. The lowest BCUT2D eigenvalue weighted by molar-refractivity contribution is 0.0485. The van der Waals surface area contributed by atoms with E-state index in [-0.39, 0.29) is 5.97 Å². The topological polar surface area (TPSA) is 56.5 Å². The second kappa shape index (κ2) is 4.39. The van der Waals surface area contributed by atoms with E-state index >= 15 is 0 Å². The van der Waals surface area contributed by atoms with Crippen LogP contribution in [0, 0.1) is 0 Å². The van der Waals surface area contributed by atoms with Crippen molar-refractivity contribution >= 4 is 22.5 Å². The molecule has 0 radical (unpaired) electrons. The van der Waals surface area contributed by atoms with Crippen molar-refractivity contribution in [1.29, 1.82) is 0 Å². The summed E-state index contributed by atoms with van der Waals surface area (Å²) in [6, 6.07) is 0. The number of carbonyl (C=O) groups excluding carboxylic acids is 1. The molecule has 0 saturated heterocycles. The summed E-state index contributed by atoms with van der Waals surface area (Å²) in [5.74, 6) is -0.0729. The molecule has 0 aliphatic carbocycles. The van der Waals surface area contributed by atoms with Crippen LogP contribution in [-0.4, -0.2) is 26.3 Å². The van der Waals surface area contributed by atoms with Crippen LogP contribution in [-0.2, 0) is 4.74 Å². The first-order chi connectivity index (χ1) is 7.33. The minimum Gasteiger partial charge on any atom is -0.460 e. The zero-order valence-corrected chi connectivity index (χ0v) is 9.16. The Hall–Kier alpha value is -1.43. The highest BCUT2D eigenvalue weighted by molar-refractivity contribution is 7.11. The molecule has 0 spiro atoms. The van der Waals surface area contributed by atoms with Crippen LogP contribution < -0.4 is 0 Å². The van der Waals surface area contributed by atoms with E-state index in [0.29, 0.717) is 17.4 Å². The molecule has 0 fully saturated rings. The van der Waals surface area contributed by atoms with E-state index in [9.17, 15) is 4.79 Å². The molecule has 0 bridgehead atoms. The quantitative estimate of drug-likeness (QED) is 0.587. The van der Waals surface area contributed by atoms with Crippen molar-refractivity contribution in [2.45, 2.75) is 19.8 Å². The molecule has 15 heavy (non-hydrogen) atoms. The van der Waals surface area contributed by atoms with E-state index in [0.717, 1.165) is 12.8 Å². The van der Waals surface area contributed by atoms with Gasteiger partial charge in [-0.25, -0.2) is 9.78 Å². The molecular formula is C9H11N3O2S. The van der Waals surface area contributed by atoms with Crippen molar-refractivity contribution in [2.75, 3.05) is 6.61 Å². The fourth-order valence-electron chi connectivity index (χ4n) is 1.16. The Bertz CT molecular complexity index is 463. The largest absolute Gasteiger partial charge is 0.460 e. The van der Waals surface area contributed by atoms with Crippen molar-refractivity contribution in [3.05, 3.63) is 18.2 Å². The average molecular weight is 225 g/mol. The number of unbranched alkanes of at least 4 members (excludes halogenated alkanes) is 1. The van der Waals surface area contributed by atoms with Crippen LogP contribution in [0.15, 0.2) is 12.4 Å². The summed E-state index contributed by atoms with van der Waals surface area (Å²) in [5, 5.41) is 0. The van der Waals surface area contributed by atoms with Gasteiger partial charge >= 0.3 is 5.97 Å². The predicted molar refractivity (Wildman–Crippen MR) is 56.1 cm³/mol. The van der Waals surface area contributed by atoms with Gasteiger partial charge in [0.2, 0.25) is 10.8 Å². The number of imidazole rings is 1. The monoisotopic (exact) mass is 225 g/mol. The molecule has 0 saturated carbocycles. The lowest BCUT2D eigenvalue weighted by Gasteiger charge is -2.00. The van der Waals surface area contributed by atoms with Crippen LogP contribution in [0.4, 0.5) is 0 Å². The maximum Gasteiger partial charge on any atom is 0.376 e. The number of nitrogens with zero attached hydrogens (tertiary/aromatic N) is 3. The van der Waals surface area contributed by atoms with Crippen molar-refractivity contribution in [3.63, 3.8) is 0 Å². The van der Waals surface area contributed by atoms with Crippen molar-refractivity contribution in [2.24, 2.45) is 0 Å². The van der Waals surface area contributed by atoms with Crippen molar-refractivity contribution in [1.82, 2.24) is 13.8 Å². The van der Waals surface area contributed by atoms with Crippen LogP contribution in [0.3, 0.4) is 0 Å². The number of hydrogen-bond donors (Lipinski definition) is 0. The minimum atomic E-state index is -0.382. The molecular weight excluding hydrogens is 214 g/mol. The molecule has 5 nitrogen and oxygen atoms in total. The number of hydrogen-bond acceptors (Lipinski definition) is 5. The molecule has 80 valence electrons. The molecule has 0 aliphatic heterocycles. The summed E-state index contributed by atoms with van der Waals surface area (Å²) in [5.41, 5.74) is 0. The maximum absolute atomic E-state index is 11.6. The molecule has 0 aliphatic rings. The lowest BCUT2D eigenvalue weighted by Crippen LogP contribution is -2.10. The van der Waals surface area contributed by atoms with Crippen LogP contribution in [0.2, 0.25) is 0 Å². The highest BCUT2D eigenvalue weighted by Gasteiger charge is 2.15. The van der Waals surface area contributed by atoms with Crippen LogP contribution in [0.1, 0.15) is 30.4 Å². The molecule has 2 rings (SSSR count). The summed E-state index contributed by atoms with van der Waals surface area (Å²) >= 11 is 1.19. The number of esters is 1. The van der Waals surface area contributed by atoms with E-state index in [1.165, 1.54) is 11.5 Å². The van der Waals surface area contributed by atoms with Crippen molar-refractivity contribution < 1.29 is 9.53 Å². The zero-order valence-electron chi connectivity index (χ0n) is 8.34. The maximum atomic E-state index is 11.6. The molecule has 0 aromatic carbocycles. The first-order valence-corrected chi connectivity index (χ1v) is 5.56. The first kappa shape index (κ1) is 10.1. The number of aromatic nitrogens is 3. The van der Waals surface area contributed by atoms with Gasteiger partial charge in [-0.3, -0.25) is 4.40 Å². The average Bonchev–Trinajstić information content (AvgIpc) is 2.78. The zero-order chi connectivity index (χ0) is 10.7. The Labute approximate surface area is 90.9 Å². The molecule has 0 atom stereocenters. The summed E-state index contributed by atoms with van der Waals surface area (Å²) < 4.78 is 10.7. The summed E-state index contributed by atoms with van der Waals surface area (Å²) in [6.07, 6.45) is 5.22. The Morgan fingerprint density at radius 2 is 2.53 bits per heavy atom. The lowest BCUT2D eigenvalue weighted by atomic mass is 10.4. The van der Waals surface area contributed by atoms with E-state index in [4.69, 9.17) is 4.74 Å². The minimum absolute atomic E-state index is 0.309. The van der Waals surface area contributed by atoms with Crippen LogP contribution in [0.25, 0.3) is 4.96 Å². The highest BCUT2D eigenvalue weighted by atomic mass is 32.1. The Balaban J connectivity index is 2.10. The number of fused-ring (bicyclic) bond motifs is 1. The van der Waals surface area contributed by atoms with Gasteiger partial charge in [-0.2, -0.15) is 4.37 Å². The predicted octanol–water partition coefficient (Wildman–Crippen LogP) is 1.75. The number of carbonyl (C=O) groups is 1. The van der Waals surface area contributed by atoms with Gasteiger partial charge < -0.3 is 4.74 Å². The van der Waals surface area contributed by atoms with Gasteiger partial charge in [0, 0.05) is 23.9 Å². The molecule has 2 aromatic heterocycles. The molecule has 0 unspecified atom stereocenters. The normalized spacial score (nSPS) is 10.7. The smallest absolute Gasteiger partial charge is 0.376 e. The van der Waals surface area contributed by atoms with E-state index in [1.807, 2.05) is 6.92 Å². The second-order valence-corrected chi connectivity index (χ2v) is 3.81. The van der Waals surface area contributed by atoms with Gasteiger partial charge in [-0.1, -0.05) is 13.3 Å². The SMILES string of the molecule is CCCCOC(=O)c1nsc2nccn12. The van der Waals surface area contributed by atoms with Gasteiger partial charge in [0.25, 0.3) is 0 Å². The molecule has 0 N–H and O–H groups in total.